The monoisotopic (exact) mass is 238 g/mol. The van der Waals surface area contributed by atoms with Crippen LogP contribution in [0.5, 0.6) is 0 Å². The molecule has 1 saturated heterocycles. The smallest absolute Gasteiger partial charge is 0.0488 e. The molecule has 0 spiro atoms. The highest BCUT2D eigenvalue weighted by Gasteiger charge is 2.28. The van der Waals surface area contributed by atoms with E-state index in [1.807, 2.05) is 18.2 Å². The Hall–Kier alpha value is -0.570. The van der Waals surface area contributed by atoms with Crippen molar-refractivity contribution in [3.8, 4) is 0 Å². The van der Waals surface area contributed by atoms with Gasteiger partial charge in [-0.15, -0.1) is 0 Å². The molecule has 0 aliphatic carbocycles. The molecule has 3 heteroatoms. The van der Waals surface area contributed by atoms with Crippen LogP contribution in [0.15, 0.2) is 24.3 Å². The van der Waals surface area contributed by atoms with Crippen molar-refractivity contribution >= 4 is 11.6 Å². The van der Waals surface area contributed by atoms with Gasteiger partial charge in [-0.3, -0.25) is 4.90 Å². The van der Waals surface area contributed by atoms with Crippen LogP contribution in [0.1, 0.15) is 31.4 Å². The molecule has 16 heavy (non-hydrogen) atoms. The van der Waals surface area contributed by atoms with Gasteiger partial charge >= 0.3 is 0 Å². The molecule has 2 unspecified atom stereocenters. The Kier molecular flexibility index (Phi) is 3.85. The fraction of sp³-hybridized carbons (Fsp3) is 0.538. The molecular weight excluding hydrogens is 220 g/mol. The molecule has 2 nitrogen and oxygen atoms in total. The summed E-state index contributed by atoms with van der Waals surface area (Å²) < 4.78 is 0. The molecule has 2 rings (SSSR count). The number of benzene rings is 1. The van der Waals surface area contributed by atoms with Gasteiger partial charge in [0.05, 0.1) is 0 Å². The second-order valence-electron chi connectivity index (χ2n) is 4.50. The third kappa shape index (κ3) is 2.24. The zero-order valence-corrected chi connectivity index (χ0v) is 10.5. The lowest BCUT2D eigenvalue weighted by molar-refractivity contribution is 0.195. The topological polar surface area (TPSA) is 29.3 Å². The normalized spacial score (nSPS) is 23.6. The SMILES string of the molecule is CC1CCCN1C(CN)c1ccccc1Cl. The summed E-state index contributed by atoms with van der Waals surface area (Å²) in [6.07, 6.45) is 2.53. The maximum Gasteiger partial charge on any atom is 0.0488 e. The van der Waals surface area contributed by atoms with Gasteiger partial charge < -0.3 is 5.73 Å². The van der Waals surface area contributed by atoms with E-state index in [1.165, 1.54) is 18.4 Å². The Bertz CT molecular complexity index is 354. The third-order valence-electron chi connectivity index (χ3n) is 3.49. The van der Waals surface area contributed by atoms with Crippen LogP contribution in [-0.2, 0) is 0 Å². The van der Waals surface area contributed by atoms with Crippen molar-refractivity contribution in [2.75, 3.05) is 13.1 Å². The van der Waals surface area contributed by atoms with E-state index < -0.39 is 0 Å². The van der Waals surface area contributed by atoms with E-state index in [0.717, 1.165) is 11.6 Å². The van der Waals surface area contributed by atoms with E-state index in [0.29, 0.717) is 12.6 Å². The Labute approximate surface area is 102 Å². The maximum atomic E-state index is 6.24. The minimum atomic E-state index is 0.270. The molecule has 1 aromatic carbocycles. The molecule has 2 N–H and O–H groups in total. The highest BCUT2D eigenvalue weighted by Crippen LogP contribution is 2.32. The summed E-state index contributed by atoms with van der Waals surface area (Å²) in [4.78, 5) is 2.47. The predicted molar refractivity (Wildman–Crippen MR) is 68.6 cm³/mol. The van der Waals surface area contributed by atoms with Crippen molar-refractivity contribution in [3.05, 3.63) is 34.9 Å². The predicted octanol–water partition coefficient (Wildman–Crippen LogP) is 2.82. The van der Waals surface area contributed by atoms with E-state index >= 15 is 0 Å². The largest absolute Gasteiger partial charge is 0.329 e. The van der Waals surface area contributed by atoms with Crippen LogP contribution in [0.3, 0.4) is 0 Å². The van der Waals surface area contributed by atoms with Crippen LogP contribution >= 0.6 is 11.6 Å². The standard InChI is InChI=1S/C13H19ClN2/c1-10-5-4-8-16(10)13(9-15)11-6-2-3-7-12(11)14/h2-3,6-7,10,13H,4-5,8-9,15H2,1H3. The minimum Gasteiger partial charge on any atom is -0.329 e. The molecule has 0 amide bonds. The first kappa shape index (κ1) is 11.9. The molecule has 0 aromatic heterocycles. The van der Waals surface area contributed by atoms with Gasteiger partial charge in [0, 0.05) is 23.7 Å². The van der Waals surface area contributed by atoms with E-state index in [4.69, 9.17) is 17.3 Å². The number of rotatable bonds is 3. The molecule has 1 aliphatic heterocycles. The van der Waals surface area contributed by atoms with Gasteiger partial charge in [0.1, 0.15) is 0 Å². The van der Waals surface area contributed by atoms with Crippen LogP contribution in [0.25, 0.3) is 0 Å². The van der Waals surface area contributed by atoms with E-state index in [9.17, 15) is 0 Å². The second-order valence-corrected chi connectivity index (χ2v) is 4.91. The van der Waals surface area contributed by atoms with Crippen LogP contribution in [0.2, 0.25) is 5.02 Å². The Morgan fingerprint density at radius 1 is 1.50 bits per heavy atom. The van der Waals surface area contributed by atoms with Gasteiger partial charge in [0.2, 0.25) is 0 Å². The van der Waals surface area contributed by atoms with Crippen molar-refractivity contribution in [1.29, 1.82) is 0 Å². The summed E-state index contributed by atoms with van der Waals surface area (Å²) in [7, 11) is 0. The number of hydrogen-bond acceptors (Lipinski definition) is 2. The molecule has 1 fully saturated rings. The number of nitrogens with zero attached hydrogens (tertiary/aromatic N) is 1. The van der Waals surface area contributed by atoms with Gasteiger partial charge in [-0.25, -0.2) is 0 Å². The summed E-state index contributed by atoms with van der Waals surface area (Å²) >= 11 is 6.24. The molecule has 88 valence electrons. The number of hydrogen-bond donors (Lipinski definition) is 1. The first-order valence-corrected chi connectivity index (χ1v) is 6.32. The number of nitrogens with two attached hydrogens (primary N) is 1. The molecule has 1 heterocycles. The third-order valence-corrected chi connectivity index (χ3v) is 3.84. The lowest BCUT2D eigenvalue weighted by atomic mass is 10.0. The first-order valence-electron chi connectivity index (χ1n) is 5.94. The summed E-state index contributed by atoms with van der Waals surface area (Å²) in [5.41, 5.74) is 7.08. The van der Waals surface area contributed by atoms with E-state index in [-0.39, 0.29) is 6.04 Å². The van der Waals surface area contributed by atoms with Crippen molar-refractivity contribution < 1.29 is 0 Å². The average Bonchev–Trinajstić information content (AvgIpc) is 2.69. The van der Waals surface area contributed by atoms with Gasteiger partial charge in [-0.05, 0) is 37.9 Å². The molecule has 0 bridgehead atoms. The molecule has 0 saturated carbocycles. The quantitative estimate of drug-likeness (QED) is 0.878. The van der Waals surface area contributed by atoms with Crippen molar-refractivity contribution in [3.63, 3.8) is 0 Å². The lowest BCUT2D eigenvalue weighted by Crippen LogP contribution is -2.36. The molecular formula is C13H19ClN2. The van der Waals surface area contributed by atoms with Crippen LogP contribution in [0, 0.1) is 0 Å². The maximum absolute atomic E-state index is 6.24. The second kappa shape index (κ2) is 5.17. The Morgan fingerprint density at radius 3 is 2.81 bits per heavy atom. The highest BCUT2D eigenvalue weighted by molar-refractivity contribution is 6.31. The first-order chi connectivity index (χ1) is 7.74. The van der Waals surface area contributed by atoms with E-state index in [1.54, 1.807) is 0 Å². The van der Waals surface area contributed by atoms with Crippen molar-refractivity contribution in [1.82, 2.24) is 4.90 Å². The molecule has 1 aromatic rings. The van der Waals surface area contributed by atoms with Crippen LogP contribution < -0.4 is 5.73 Å². The van der Waals surface area contributed by atoms with Gasteiger partial charge in [-0.2, -0.15) is 0 Å². The van der Waals surface area contributed by atoms with Gasteiger partial charge in [0.25, 0.3) is 0 Å². The minimum absolute atomic E-state index is 0.270. The lowest BCUT2D eigenvalue weighted by Gasteiger charge is -2.31. The fourth-order valence-electron chi connectivity index (χ4n) is 2.60. The Morgan fingerprint density at radius 2 is 2.25 bits per heavy atom. The van der Waals surface area contributed by atoms with Crippen LogP contribution in [-0.4, -0.2) is 24.0 Å². The summed E-state index contributed by atoms with van der Waals surface area (Å²) in [6.45, 7) is 4.04. The number of halogens is 1. The summed E-state index contributed by atoms with van der Waals surface area (Å²) in [5.74, 6) is 0. The zero-order chi connectivity index (χ0) is 11.5. The fourth-order valence-corrected chi connectivity index (χ4v) is 2.87. The molecule has 0 radical (unpaired) electrons. The highest BCUT2D eigenvalue weighted by atomic mass is 35.5. The van der Waals surface area contributed by atoms with Gasteiger partial charge in [-0.1, -0.05) is 29.8 Å². The summed E-state index contributed by atoms with van der Waals surface area (Å²) in [6, 6.07) is 8.92. The molecule has 2 atom stereocenters. The molecule has 1 aliphatic rings. The van der Waals surface area contributed by atoms with Crippen LogP contribution in [0.4, 0.5) is 0 Å². The zero-order valence-electron chi connectivity index (χ0n) is 9.70. The Balaban J connectivity index is 2.25. The van der Waals surface area contributed by atoms with E-state index in [2.05, 4.69) is 17.9 Å². The van der Waals surface area contributed by atoms with Crippen molar-refractivity contribution in [2.45, 2.75) is 31.8 Å². The number of likely N-dealkylation sites (tertiary alicyclic amines) is 1. The van der Waals surface area contributed by atoms with Gasteiger partial charge in [0.15, 0.2) is 0 Å². The average molecular weight is 239 g/mol. The van der Waals surface area contributed by atoms with Crippen molar-refractivity contribution in [2.24, 2.45) is 5.73 Å². The summed E-state index contributed by atoms with van der Waals surface area (Å²) in [5, 5.41) is 0.831.